The van der Waals surface area contributed by atoms with Gasteiger partial charge < -0.3 is 9.47 Å². The smallest absolute Gasteiger partial charge is 0.403 e. The highest BCUT2D eigenvalue weighted by atomic mass is 16.7. The van der Waals surface area contributed by atoms with Crippen molar-refractivity contribution in [2.45, 2.75) is 65.2 Å². The molecule has 0 saturated heterocycles. The van der Waals surface area contributed by atoms with Crippen molar-refractivity contribution in [1.29, 1.82) is 0 Å². The average molecular weight is 407 g/mol. The summed E-state index contributed by atoms with van der Waals surface area (Å²) in [4.78, 5) is 11.8. The molecule has 160 valence electrons. The maximum atomic E-state index is 11.8. The van der Waals surface area contributed by atoms with Crippen LogP contribution in [0.4, 0.5) is 4.79 Å². The van der Waals surface area contributed by atoms with Crippen molar-refractivity contribution >= 4 is 6.16 Å². The van der Waals surface area contributed by atoms with Crippen LogP contribution in [-0.2, 0) is 9.47 Å². The third kappa shape index (κ3) is 7.22. The molecule has 2 aromatic carbocycles. The normalized spacial score (nSPS) is 13.9. The van der Waals surface area contributed by atoms with Crippen molar-refractivity contribution in [3.05, 3.63) is 95.5 Å². The van der Waals surface area contributed by atoms with Crippen molar-refractivity contribution in [1.82, 2.24) is 0 Å². The lowest BCUT2D eigenvalue weighted by molar-refractivity contribution is 0.119. The SMILES string of the molecule is CC(C)c1cccc(C(C)C=COC(=O)OC=CC(C)c2cccc(C(C)C)c2)c1. The third-order valence-corrected chi connectivity index (χ3v) is 5.27. The first-order valence-corrected chi connectivity index (χ1v) is 10.7. The topological polar surface area (TPSA) is 35.5 Å². The van der Waals surface area contributed by atoms with Gasteiger partial charge in [-0.2, -0.15) is 0 Å². The summed E-state index contributed by atoms with van der Waals surface area (Å²) >= 11 is 0. The van der Waals surface area contributed by atoms with E-state index >= 15 is 0 Å². The molecule has 0 amide bonds. The highest BCUT2D eigenvalue weighted by Gasteiger charge is 2.07. The molecule has 0 aliphatic heterocycles. The van der Waals surface area contributed by atoms with Crippen LogP contribution in [0.1, 0.15) is 87.5 Å². The minimum atomic E-state index is -0.742. The Hall–Kier alpha value is -2.81. The molecule has 0 saturated carbocycles. The summed E-state index contributed by atoms with van der Waals surface area (Å²) in [5, 5.41) is 0. The summed E-state index contributed by atoms with van der Waals surface area (Å²) in [6.45, 7) is 12.8. The second-order valence-corrected chi connectivity index (χ2v) is 8.37. The molecule has 0 aliphatic rings. The van der Waals surface area contributed by atoms with Gasteiger partial charge in [0.25, 0.3) is 0 Å². The summed E-state index contributed by atoms with van der Waals surface area (Å²) in [6.07, 6.45) is 5.76. The summed E-state index contributed by atoms with van der Waals surface area (Å²) in [6, 6.07) is 16.9. The first-order valence-electron chi connectivity index (χ1n) is 10.7. The lowest BCUT2D eigenvalue weighted by Crippen LogP contribution is -2.00. The first kappa shape index (κ1) is 23.5. The van der Waals surface area contributed by atoms with Gasteiger partial charge in [-0.15, -0.1) is 0 Å². The van der Waals surface area contributed by atoms with Crippen molar-refractivity contribution in [3.63, 3.8) is 0 Å². The molecule has 0 aromatic heterocycles. The Morgan fingerprint density at radius 1 is 0.667 bits per heavy atom. The van der Waals surface area contributed by atoms with Crippen LogP contribution < -0.4 is 0 Å². The average Bonchev–Trinajstić information content (AvgIpc) is 2.73. The molecule has 0 bridgehead atoms. The lowest BCUT2D eigenvalue weighted by Gasteiger charge is -2.11. The van der Waals surface area contributed by atoms with Crippen LogP contribution >= 0.6 is 0 Å². The van der Waals surface area contributed by atoms with Gasteiger partial charge in [0.1, 0.15) is 0 Å². The molecule has 0 radical (unpaired) electrons. The molecule has 0 heterocycles. The molecule has 2 aromatic rings. The number of hydrogen-bond acceptors (Lipinski definition) is 3. The van der Waals surface area contributed by atoms with Gasteiger partial charge in [0, 0.05) is 11.8 Å². The van der Waals surface area contributed by atoms with Gasteiger partial charge in [0.05, 0.1) is 12.5 Å². The molecule has 0 N–H and O–H groups in total. The Bertz CT molecular complexity index is 806. The van der Waals surface area contributed by atoms with Crippen molar-refractivity contribution in [2.75, 3.05) is 0 Å². The van der Waals surface area contributed by atoms with E-state index in [2.05, 4.69) is 90.1 Å². The predicted molar refractivity (Wildman–Crippen MR) is 124 cm³/mol. The molecule has 0 fully saturated rings. The van der Waals surface area contributed by atoms with E-state index in [4.69, 9.17) is 9.47 Å². The maximum Gasteiger partial charge on any atom is 0.518 e. The van der Waals surface area contributed by atoms with Crippen molar-refractivity contribution < 1.29 is 14.3 Å². The van der Waals surface area contributed by atoms with Crippen LogP contribution in [0.3, 0.4) is 0 Å². The Morgan fingerprint density at radius 3 is 1.40 bits per heavy atom. The maximum absolute atomic E-state index is 11.8. The first-order chi connectivity index (χ1) is 14.3. The molecule has 3 heteroatoms. The van der Waals surface area contributed by atoms with E-state index in [1.54, 1.807) is 0 Å². The minimum Gasteiger partial charge on any atom is -0.403 e. The van der Waals surface area contributed by atoms with E-state index in [1.807, 2.05) is 12.2 Å². The van der Waals surface area contributed by atoms with Gasteiger partial charge >= 0.3 is 6.16 Å². The van der Waals surface area contributed by atoms with Gasteiger partial charge in [0.2, 0.25) is 0 Å². The number of benzene rings is 2. The third-order valence-electron chi connectivity index (χ3n) is 5.27. The standard InChI is InChI=1S/C27H34O3/c1-19(2)23-9-7-11-25(17-23)21(5)13-15-29-27(28)30-16-14-22(6)26-12-8-10-24(18-26)20(3)4/h7-22H,1-6H3. The van der Waals surface area contributed by atoms with E-state index in [-0.39, 0.29) is 11.8 Å². The Morgan fingerprint density at radius 2 is 1.03 bits per heavy atom. The van der Waals surface area contributed by atoms with E-state index in [9.17, 15) is 4.79 Å². The predicted octanol–water partition coefficient (Wildman–Crippen LogP) is 8.02. The van der Waals surface area contributed by atoms with Crippen LogP contribution in [0.2, 0.25) is 0 Å². The quantitative estimate of drug-likeness (QED) is 0.329. The summed E-state index contributed by atoms with van der Waals surface area (Å²) in [5.41, 5.74) is 4.97. The van der Waals surface area contributed by atoms with E-state index in [0.29, 0.717) is 11.8 Å². The largest absolute Gasteiger partial charge is 0.518 e. The number of rotatable bonds is 8. The van der Waals surface area contributed by atoms with Crippen molar-refractivity contribution in [2.24, 2.45) is 0 Å². The number of ether oxygens (including phenoxy) is 2. The zero-order valence-corrected chi connectivity index (χ0v) is 19.0. The molecular formula is C27H34O3. The second kappa shape index (κ2) is 11.4. The zero-order chi connectivity index (χ0) is 22.1. The van der Waals surface area contributed by atoms with Crippen LogP contribution in [0.25, 0.3) is 0 Å². The van der Waals surface area contributed by atoms with Gasteiger partial charge in [-0.05, 0) is 46.2 Å². The van der Waals surface area contributed by atoms with Crippen LogP contribution in [0, 0.1) is 0 Å². The molecule has 2 unspecified atom stereocenters. The highest BCUT2D eigenvalue weighted by molar-refractivity contribution is 5.61. The van der Waals surface area contributed by atoms with Gasteiger partial charge in [-0.3, -0.25) is 0 Å². The molecule has 0 spiro atoms. The summed E-state index contributed by atoms with van der Waals surface area (Å²) < 4.78 is 10.1. The fraction of sp³-hybridized carbons (Fsp3) is 0.370. The Kier molecular flexibility index (Phi) is 8.91. The van der Waals surface area contributed by atoms with Crippen LogP contribution in [0.15, 0.2) is 73.2 Å². The molecule has 0 aliphatic carbocycles. The van der Waals surface area contributed by atoms with Gasteiger partial charge in [-0.1, -0.05) is 90.1 Å². The number of carbonyl (C=O) groups excluding carboxylic acids is 1. The summed E-state index contributed by atoms with van der Waals surface area (Å²) in [7, 11) is 0. The minimum absolute atomic E-state index is 0.139. The number of carbonyl (C=O) groups is 1. The number of hydrogen-bond donors (Lipinski definition) is 0. The molecular weight excluding hydrogens is 372 g/mol. The monoisotopic (exact) mass is 406 g/mol. The fourth-order valence-corrected chi connectivity index (χ4v) is 3.08. The lowest BCUT2D eigenvalue weighted by atomic mass is 9.95. The Labute approximate surface area is 181 Å². The highest BCUT2D eigenvalue weighted by Crippen LogP contribution is 2.23. The van der Waals surface area contributed by atoms with E-state index < -0.39 is 6.16 Å². The molecule has 2 atom stereocenters. The molecule has 30 heavy (non-hydrogen) atoms. The fourth-order valence-electron chi connectivity index (χ4n) is 3.08. The zero-order valence-electron chi connectivity index (χ0n) is 19.0. The second-order valence-electron chi connectivity index (χ2n) is 8.37. The van der Waals surface area contributed by atoms with E-state index in [0.717, 1.165) is 0 Å². The molecule has 2 rings (SSSR count). The van der Waals surface area contributed by atoms with Crippen LogP contribution in [0.5, 0.6) is 0 Å². The van der Waals surface area contributed by atoms with Crippen LogP contribution in [-0.4, -0.2) is 6.16 Å². The van der Waals surface area contributed by atoms with E-state index in [1.165, 1.54) is 34.8 Å². The van der Waals surface area contributed by atoms with Gasteiger partial charge in [0.15, 0.2) is 0 Å². The number of allylic oxidation sites excluding steroid dienone is 2. The van der Waals surface area contributed by atoms with Gasteiger partial charge in [-0.25, -0.2) is 4.79 Å². The van der Waals surface area contributed by atoms with Crippen molar-refractivity contribution in [3.8, 4) is 0 Å². The summed E-state index contributed by atoms with van der Waals surface area (Å²) in [5.74, 6) is 1.24. The Balaban J connectivity index is 1.84. The molecule has 3 nitrogen and oxygen atoms in total.